The van der Waals surface area contributed by atoms with E-state index in [0.29, 0.717) is 16.9 Å². The zero-order chi connectivity index (χ0) is 13.9. The minimum Gasteiger partial charge on any atom is -0.446 e. The van der Waals surface area contributed by atoms with Crippen LogP contribution >= 0.6 is 11.6 Å². The lowest BCUT2D eigenvalue weighted by Gasteiger charge is -2.25. The fourth-order valence-corrected chi connectivity index (χ4v) is 3.23. The first kappa shape index (κ1) is 11.8. The van der Waals surface area contributed by atoms with Gasteiger partial charge in [0.15, 0.2) is 0 Å². The van der Waals surface area contributed by atoms with Crippen molar-refractivity contribution in [2.75, 3.05) is 0 Å². The van der Waals surface area contributed by atoms with Crippen molar-refractivity contribution in [1.29, 1.82) is 0 Å². The van der Waals surface area contributed by atoms with E-state index in [1.165, 1.54) is 0 Å². The molecule has 0 saturated heterocycles. The van der Waals surface area contributed by atoms with E-state index in [2.05, 4.69) is 0 Å². The molecule has 0 saturated carbocycles. The summed E-state index contributed by atoms with van der Waals surface area (Å²) in [5.74, 6) is -0.957. The molecule has 0 fully saturated rings. The Morgan fingerprint density at radius 1 is 1.15 bits per heavy atom. The van der Waals surface area contributed by atoms with Crippen LogP contribution in [-0.2, 0) is 10.5 Å². The Balaban J connectivity index is 1.92. The number of ether oxygens (including phenoxy) is 2. The molecule has 100 valence electrons. The van der Waals surface area contributed by atoms with Gasteiger partial charge in [0.2, 0.25) is 0 Å². The van der Waals surface area contributed by atoms with Gasteiger partial charge in [-0.1, -0.05) is 35.9 Å². The first-order valence-electron chi connectivity index (χ1n) is 6.38. The van der Waals surface area contributed by atoms with Crippen LogP contribution in [0.3, 0.4) is 0 Å². The van der Waals surface area contributed by atoms with Gasteiger partial charge < -0.3 is 9.47 Å². The highest BCUT2D eigenvalue weighted by atomic mass is 35.5. The van der Waals surface area contributed by atoms with Crippen LogP contribution in [0.2, 0.25) is 0 Å². The van der Waals surface area contributed by atoms with Gasteiger partial charge in [-0.3, -0.25) is 0 Å². The number of benzene rings is 2. The molecule has 2 aliphatic heterocycles. The first-order valence-corrected chi connectivity index (χ1v) is 6.82. The number of carbonyl (C=O) groups is 1. The molecular weight excluding hydrogens is 276 g/mol. The maximum absolute atomic E-state index is 12.0. The zero-order valence-electron chi connectivity index (χ0n) is 10.7. The number of halogens is 1. The highest BCUT2D eigenvalue weighted by Crippen LogP contribution is 2.56. The minimum absolute atomic E-state index is 0.393. The molecule has 2 heterocycles. The van der Waals surface area contributed by atoms with Crippen LogP contribution in [0.25, 0.3) is 0 Å². The zero-order valence-corrected chi connectivity index (χ0v) is 11.5. The summed E-state index contributed by atoms with van der Waals surface area (Å²) >= 11 is 6.57. The number of fused-ring (bicyclic) bond motifs is 3. The molecule has 0 bridgehead atoms. The quantitative estimate of drug-likeness (QED) is 0.547. The molecule has 20 heavy (non-hydrogen) atoms. The van der Waals surface area contributed by atoms with Crippen molar-refractivity contribution in [3.05, 3.63) is 64.7 Å². The predicted molar refractivity (Wildman–Crippen MR) is 73.9 cm³/mol. The second-order valence-corrected chi connectivity index (χ2v) is 5.54. The standard InChI is InChI=1S/C16H11ClO3/c1-9-6-7-13-11(8-9)14(17)16(19-13)12-5-3-2-4-10(12)15(18)20-16/h2-8,14H,1H3/t14-,16+/m0/s1. The molecule has 0 aliphatic carbocycles. The number of hydrogen-bond acceptors (Lipinski definition) is 3. The second kappa shape index (κ2) is 3.76. The smallest absolute Gasteiger partial charge is 0.342 e. The summed E-state index contributed by atoms with van der Waals surface area (Å²) in [6.45, 7) is 1.99. The van der Waals surface area contributed by atoms with Crippen molar-refractivity contribution in [3.63, 3.8) is 0 Å². The molecule has 0 radical (unpaired) electrons. The van der Waals surface area contributed by atoms with Crippen LogP contribution in [0, 0.1) is 6.92 Å². The molecule has 0 aromatic heterocycles. The van der Waals surface area contributed by atoms with Gasteiger partial charge in [0.1, 0.15) is 11.1 Å². The number of alkyl halides is 1. The summed E-state index contributed by atoms with van der Waals surface area (Å²) in [7, 11) is 0. The first-order chi connectivity index (χ1) is 9.62. The molecular formula is C16H11ClO3. The normalized spacial score (nSPS) is 26.1. The van der Waals surface area contributed by atoms with Crippen LogP contribution in [0.5, 0.6) is 5.75 Å². The van der Waals surface area contributed by atoms with Gasteiger partial charge in [-0.15, -0.1) is 11.6 Å². The summed E-state index contributed by atoms with van der Waals surface area (Å²) < 4.78 is 11.5. The second-order valence-electron chi connectivity index (χ2n) is 5.11. The fourth-order valence-electron chi connectivity index (χ4n) is 2.86. The Morgan fingerprint density at radius 2 is 1.95 bits per heavy atom. The third-order valence-corrected chi connectivity index (χ3v) is 4.32. The molecule has 0 N–H and O–H groups in total. The summed E-state index contributed by atoms with van der Waals surface area (Å²) in [6.07, 6.45) is 0. The lowest BCUT2D eigenvalue weighted by atomic mass is 9.97. The Kier molecular flexibility index (Phi) is 2.22. The highest BCUT2D eigenvalue weighted by Gasteiger charge is 2.58. The van der Waals surface area contributed by atoms with Gasteiger partial charge >= 0.3 is 11.8 Å². The van der Waals surface area contributed by atoms with Gasteiger partial charge in [0.05, 0.1) is 11.1 Å². The van der Waals surface area contributed by atoms with Gasteiger partial charge in [0, 0.05) is 5.56 Å². The lowest BCUT2D eigenvalue weighted by Crippen LogP contribution is -2.33. The highest BCUT2D eigenvalue weighted by molar-refractivity contribution is 6.22. The van der Waals surface area contributed by atoms with Gasteiger partial charge in [-0.25, -0.2) is 4.79 Å². The van der Waals surface area contributed by atoms with Gasteiger partial charge in [0.25, 0.3) is 0 Å². The van der Waals surface area contributed by atoms with Gasteiger partial charge in [-0.05, 0) is 19.1 Å². The average molecular weight is 287 g/mol. The Morgan fingerprint density at radius 3 is 2.80 bits per heavy atom. The third-order valence-electron chi connectivity index (χ3n) is 3.80. The van der Waals surface area contributed by atoms with E-state index in [4.69, 9.17) is 21.1 Å². The molecule has 1 spiro atoms. The monoisotopic (exact) mass is 286 g/mol. The van der Waals surface area contributed by atoms with E-state index < -0.39 is 17.1 Å². The Labute approximate surface area is 121 Å². The lowest BCUT2D eigenvalue weighted by molar-refractivity contribution is -0.129. The van der Waals surface area contributed by atoms with Crippen molar-refractivity contribution in [1.82, 2.24) is 0 Å². The van der Waals surface area contributed by atoms with E-state index in [1.54, 1.807) is 12.1 Å². The maximum Gasteiger partial charge on any atom is 0.342 e. The summed E-state index contributed by atoms with van der Waals surface area (Å²) in [5, 5.41) is -0.551. The van der Waals surface area contributed by atoms with Crippen LogP contribution < -0.4 is 4.74 Å². The van der Waals surface area contributed by atoms with Crippen LogP contribution in [0.1, 0.15) is 32.4 Å². The van der Waals surface area contributed by atoms with E-state index in [9.17, 15) is 4.79 Å². The summed E-state index contributed by atoms with van der Waals surface area (Å²) in [4.78, 5) is 12.0. The van der Waals surface area contributed by atoms with E-state index in [-0.39, 0.29) is 0 Å². The third kappa shape index (κ3) is 1.33. The molecule has 0 amide bonds. The Bertz CT molecular complexity index is 740. The number of hydrogen-bond donors (Lipinski definition) is 0. The summed E-state index contributed by atoms with van der Waals surface area (Å²) in [6, 6.07) is 13.0. The maximum atomic E-state index is 12.0. The van der Waals surface area contributed by atoms with E-state index in [1.807, 2.05) is 37.3 Å². The van der Waals surface area contributed by atoms with E-state index in [0.717, 1.165) is 11.1 Å². The number of esters is 1. The molecule has 2 aromatic carbocycles. The molecule has 3 nitrogen and oxygen atoms in total. The molecule has 2 atom stereocenters. The van der Waals surface area contributed by atoms with Crippen LogP contribution in [-0.4, -0.2) is 5.97 Å². The Hall–Kier alpha value is -2.00. The number of aryl methyl sites for hydroxylation is 1. The minimum atomic E-state index is -1.23. The van der Waals surface area contributed by atoms with E-state index >= 15 is 0 Å². The van der Waals surface area contributed by atoms with Crippen LogP contribution in [0.15, 0.2) is 42.5 Å². The van der Waals surface area contributed by atoms with Crippen molar-refractivity contribution < 1.29 is 14.3 Å². The summed E-state index contributed by atoms with van der Waals surface area (Å²) in [5.41, 5.74) is 3.16. The predicted octanol–water partition coefficient (Wildman–Crippen LogP) is 3.69. The molecule has 4 heteroatoms. The number of carbonyl (C=O) groups excluding carboxylic acids is 1. The molecule has 4 rings (SSSR count). The van der Waals surface area contributed by atoms with Crippen molar-refractivity contribution in [2.45, 2.75) is 18.1 Å². The van der Waals surface area contributed by atoms with Crippen molar-refractivity contribution in [2.24, 2.45) is 0 Å². The van der Waals surface area contributed by atoms with Gasteiger partial charge in [-0.2, -0.15) is 0 Å². The van der Waals surface area contributed by atoms with Crippen molar-refractivity contribution >= 4 is 17.6 Å². The molecule has 2 aliphatic rings. The molecule has 0 unspecified atom stereocenters. The topological polar surface area (TPSA) is 35.5 Å². The fraction of sp³-hybridized carbons (Fsp3) is 0.188. The average Bonchev–Trinajstić information content (AvgIpc) is 2.89. The largest absolute Gasteiger partial charge is 0.446 e. The van der Waals surface area contributed by atoms with Crippen LogP contribution in [0.4, 0.5) is 0 Å². The SMILES string of the molecule is Cc1ccc2c(c1)[C@H](Cl)[C@@]1(OC(=O)c3ccccc31)O2. The van der Waals surface area contributed by atoms with Crippen molar-refractivity contribution in [3.8, 4) is 5.75 Å². The number of rotatable bonds is 0. The molecule has 2 aromatic rings.